The van der Waals surface area contributed by atoms with Crippen molar-refractivity contribution in [3.05, 3.63) is 52.0 Å². The van der Waals surface area contributed by atoms with Crippen LogP contribution in [0.4, 0.5) is 11.4 Å². The van der Waals surface area contributed by atoms with Gasteiger partial charge < -0.3 is 10.6 Å². The number of nitrogens with one attached hydrogen (secondary N) is 2. The van der Waals surface area contributed by atoms with Crippen LogP contribution in [0.1, 0.15) is 13.8 Å². The average Bonchev–Trinajstić information content (AvgIpc) is 2.61. The van der Waals surface area contributed by atoms with Gasteiger partial charge in [-0.15, -0.1) is 0 Å². The van der Waals surface area contributed by atoms with Crippen molar-refractivity contribution in [3.63, 3.8) is 0 Å². The van der Waals surface area contributed by atoms with Gasteiger partial charge in [0.05, 0.1) is 11.6 Å². The standard InChI is InChI=1S/C18H21BrClN3O3S/c1-3-23(4-2)27(25,26)17-11-14(8-9-16(17)20)21-12-18(24)22-15-7-5-6-13(19)10-15/h5-11,21H,3-4,12H2,1-2H3,(H,22,24). The van der Waals surface area contributed by atoms with Crippen LogP contribution < -0.4 is 10.6 Å². The van der Waals surface area contributed by atoms with Gasteiger partial charge in [0, 0.05) is 28.9 Å². The van der Waals surface area contributed by atoms with E-state index in [2.05, 4.69) is 26.6 Å². The number of carbonyl (C=O) groups excluding carboxylic acids is 1. The second-order valence-corrected chi connectivity index (χ2v) is 8.88. The Hall–Kier alpha value is -1.61. The van der Waals surface area contributed by atoms with Crippen molar-refractivity contribution in [2.45, 2.75) is 18.7 Å². The third-order valence-electron chi connectivity index (χ3n) is 3.82. The van der Waals surface area contributed by atoms with Crippen molar-refractivity contribution in [1.82, 2.24) is 4.31 Å². The molecule has 2 N–H and O–H groups in total. The van der Waals surface area contributed by atoms with Crippen LogP contribution in [0, 0.1) is 0 Å². The first kappa shape index (κ1) is 21.7. The Bertz CT molecular complexity index is 918. The molecular formula is C18H21BrClN3O3S. The molecule has 0 aromatic heterocycles. The first-order chi connectivity index (χ1) is 12.8. The molecule has 2 rings (SSSR count). The molecule has 0 radical (unpaired) electrons. The summed E-state index contributed by atoms with van der Waals surface area (Å²) >= 11 is 9.45. The number of hydrogen-bond donors (Lipinski definition) is 2. The largest absolute Gasteiger partial charge is 0.376 e. The summed E-state index contributed by atoms with van der Waals surface area (Å²) in [5, 5.41) is 5.83. The third-order valence-corrected chi connectivity index (χ3v) is 6.84. The number of halogens is 2. The molecule has 1 amide bonds. The van der Waals surface area contributed by atoms with Crippen LogP contribution in [-0.2, 0) is 14.8 Å². The van der Waals surface area contributed by atoms with Crippen molar-refractivity contribution in [2.75, 3.05) is 30.3 Å². The van der Waals surface area contributed by atoms with Crippen LogP contribution in [-0.4, -0.2) is 38.3 Å². The predicted octanol–water partition coefficient (Wildman–Crippen LogP) is 4.18. The number of nitrogens with zero attached hydrogens (tertiary/aromatic N) is 1. The highest BCUT2D eigenvalue weighted by atomic mass is 79.9. The molecule has 0 saturated heterocycles. The summed E-state index contributed by atoms with van der Waals surface area (Å²) in [5.41, 5.74) is 1.16. The number of amides is 1. The smallest absolute Gasteiger partial charge is 0.244 e. The van der Waals surface area contributed by atoms with Crippen LogP contribution in [0.15, 0.2) is 51.8 Å². The number of anilines is 2. The molecule has 0 fully saturated rings. The molecule has 146 valence electrons. The van der Waals surface area contributed by atoms with Gasteiger partial charge in [-0.2, -0.15) is 4.31 Å². The number of benzene rings is 2. The topological polar surface area (TPSA) is 78.5 Å². The van der Waals surface area contributed by atoms with E-state index in [1.54, 1.807) is 32.0 Å². The zero-order valence-corrected chi connectivity index (χ0v) is 18.2. The lowest BCUT2D eigenvalue weighted by Gasteiger charge is -2.20. The van der Waals surface area contributed by atoms with E-state index < -0.39 is 10.0 Å². The lowest BCUT2D eigenvalue weighted by molar-refractivity contribution is -0.114. The summed E-state index contributed by atoms with van der Waals surface area (Å²) in [6.07, 6.45) is 0. The lowest BCUT2D eigenvalue weighted by Crippen LogP contribution is -2.31. The fourth-order valence-corrected chi connectivity index (χ4v) is 4.83. The van der Waals surface area contributed by atoms with Crippen molar-refractivity contribution in [1.29, 1.82) is 0 Å². The average molecular weight is 475 g/mol. The van der Waals surface area contributed by atoms with Gasteiger partial charge >= 0.3 is 0 Å². The predicted molar refractivity (Wildman–Crippen MR) is 113 cm³/mol. The highest BCUT2D eigenvalue weighted by Gasteiger charge is 2.24. The minimum Gasteiger partial charge on any atom is -0.376 e. The first-order valence-electron chi connectivity index (χ1n) is 8.37. The fourth-order valence-electron chi connectivity index (χ4n) is 2.47. The Morgan fingerprint density at radius 3 is 2.44 bits per heavy atom. The molecule has 0 spiro atoms. The molecule has 2 aromatic rings. The van der Waals surface area contributed by atoms with Gasteiger partial charge in [0.15, 0.2) is 0 Å². The molecule has 6 nitrogen and oxygen atoms in total. The SMILES string of the molecule is CCN(CC)S(=O)(=O)c1cc(NCC(=O)Nc2cccc(Br)c2)ccc1Cl. The van der Waals surface area contributed by atoms with E-state index >= 15 is 0 Å². The van der Waals surface area contributed by atoms with Crippen LogP contribution in [0.3, 0.4) is 0 Å². The Labute approximate surface area is 173 Å². The molecule has 0 aliphatic carbocycles. The van der Waals surface area contributed by atoms with Gasteiger partial charge in [0.2, 0.25) is 15.9 Å². The van der Waals surface area contributed by atoms with E-state index in [1.165, 1.54) is 16.4 Å². The summed E-state index contributed by atoms with van der Waals surface area (Å²) in [5.74, 6) is -0.254. The Morgan fingerprint density at radius 2 is 1.81 bits per heavy atom. The Kier molecular flexibility index (Phi) is 7.67. The van der Waals surface area contributed by atoms with Crippen LogP contribution >= 0.6 is 27.5 Å². The number of carbonyl (C=O) groups is 1. The van der Waals surface area contributed by atoms with Gasteiger partial charge in [-0.3, -0.25) is 4.79 Å². The molecule has 0 atom stereocenters. The van der Waals surface area contributed by atoms with Gasteiger partial charge in [0.25, 0.3) is 0 Å². The Balaban J connectivity index is 2.11. The van der Waals surface area contributed by atoms with E-state index in [4.69, 9.17) is 11.6 Å². The zero-order valence-electron chi connectivity index (χ0n) is 15.0. The molecular weight excluding hydrogens is 454 g/mol. The molecule has 0 saturated carbocycles. The van der Waals surface area contributed by atoms with Crippen molar-refractivity contribution >= 4 is 54.8 Å². The highest BCUT2D eigenvalue weighted by molar-refractivity contribution is 9.10. The van der Waals surface area contributed by atoms with Crippen molar-refractivity contribution in [3.8, 4) is 0 Å². The summed E-state index contributed by atoms with van der Waals surface area (Å²) < 4.78 is 27.6. The first-order valence-corrected chi connectivity index (χ1v) is 11.0. The molecule has 9 heteroatoms. The monoisotopic (exact) mass is 473 g/mol. The maximum atomic E-state index is 12.7. The van der Waals surface area contributed by atoms with Gasteiger partial charge in [0.1, 0.15) is 4.90 Å². The van der Waals surface area contributed by atoms with Crippen molar-refractivity contribution < 1.29 is 13.2 Å². The van der Waals surface area contributed by atoms with Crippen LogP contribution in [0.2, 0.25) is 5.02 Å². The van der Waals surface area contributed by atoms with E-state index in [-0.39, 0.29) is 22.4 Å². The van der Waals surface area contributed by atoms with E-state index in [1.807, 2.05) is 12.1 Å². The molecule has 0 aliphatic rings. The molecule has 0 unspecified atom stereocenters. The van der Waals surface area contributed by atoms with E-state index in [0.717, 1.165) is 4.47 Å². The number of rotatable bonds is 8. The zero-order chi connectivity index (χ0) is 20.0. The van der Waals surface area contributed by atoms with Crippen LogP contribution in [0.5, 0.6) is 0 Å². The summed E-state index contributed by atoms with van der Waals surface area (Å²) in [6, 6.07) is 11.8. The highest BCUT2D eigenvalue weighted by Crippen LogP contribution is 2.27. The summed E-state index contributed by atoms with van der Waals surface area (Å²) in [4.78, 5) is 12.1. The molecule has 0 aliphatic heterocycles. The Morgan fingerprint density at radius 1 is 1.11 bits per heavy atom. The second kappa shape index (κ2) is 9.54. The van der Waals surface area contributed by atoms with Gasteiger partial charge in [-0.1, -0.05) is 47.4 Å². The van der Waals surface area contributed by atoms with Crippen LogP contribution in [0.25, 0.3) is 0 Å². The quantitative estimate of drug-likeness (QED) is 0.601. The second-order valence-electron chi connectivity index (χ2n) is 5.65. The summed E-state index contributed by atoms with van der Waals surface area (Å²) in [7, 11) is -3.69. The van der Waals surface area contributed by atoms with Crippen molar-refractivity contribution in [2.24, 2.45) is 0 Å². The maximum absolute atomic E-state index is 12.7. The molecule has 0 heterocycles. The minimum atomic E-state index is -3.69. The van der Waals surface area contributed by atoms with Gasteiger partial charge in [-0.25, -0.2) is 8.42 Å². The van der Waals surface area contributed by atoms with E-state index in [0.29, 0.717) is 24.5 Å². The fraction of sp³-hybridized carbons (Fsp3) is 0.278. The van der Waals surface area contributed by atoms with E-state index in [9.17, 15) is 13.2 Å². The number of sulfonamides is 1. The number of hydrogen-bond acceptors (Lipinski definition) is 4. The molecule has 2 aromatic carbocycles. The normalized spacial score (nSPS) is 11.4. The molecule has 27 heavy (non-hydrogen) atoms. The maximum Gasteiger partial charge on any atom is 0.244 e. The lowest BCUT2D eigenvalue weighted by atomic mass is 10.3. The van der Waals surface area contributed by atoms with Gasteiger partial charge in [-0.05, 0) is 36.4 Å². The third kappa shape index (κ3) is 5.68. The minimum absolute atomic E-state index is 0.0150. The molecule has 0 bridgehead atoms. The summed E-state index contributed by atoms with van der Waals surface area (Å²) in [6.45, 7) is 4.22.